The summed E-state index contributed by atoms with van der Waals surface area (Å²) < 4.78 is 12.9. The van der Waals surface area contributed by atoms with E-state index in [9.17, 15) is 14.0 Å². The first kappa shape index (κ1) is 12.3. The molecule has 4 nitrogen and oxygen atoms in total. The highest BCUT2D eigenvalue weighted by atomic mass is 19.1. The van der Waals surface area contributed by atoms with E-state index < -0.39 is 6.04 Å². The third kappa shape index (κ3) is 1.99. The molecule has 1 unspecified atom stereocenters. The van der Waals surface area contributed by atoms with Crippen LogP contribution in [0.1, 0.15) is 11.6 Å². The molecule has 1 aliphatic rings. The zero-order chi connectivity index (χ0) is 13.3. The molecular weight excluding hydrogens is 235 g/mol. The predicted octanol–water partition coefficient (Wildman–Crippen LogP) is 1.95. The Morgan fingerprint density at radius 1 is 1.22 bits per heavy atom. The molecule has 5 heteroatoms. The summed E-state index contributed by atoms with van der Waals surface area (Å²) in [7, 11) is 3.20. The number of carbonyl (C=O) groups is 2. The molecular formula is C13H13FN2O2. The number of urea groups is 1. The Kier molecular flexibility index (Phi) is 3.14. The number of benzene rings is 1. The molecule has 0 spiro atoms. The third-order valence-corrected chi connectivity index (χ3v) is 2.97. The van der Waals surface area contributed by atoms with E-state index in [1.807, 2.05) is 0 Å². The lowest BCUT2D eigenvalue weighted by Crippen LogP contribution is -2.43. The molecule has 0 bridgehead atoms. The standard InChI is InChI=1S/C13H13FN2O2/c1-15-7-10(8-17)12(16(2)13(15)18)9-3-5-11(14)6-4-9/h3-8,12H,1-2H3. The van der Waals surface area contributed by atoms with Gasteiger partial charge in [-0.05, 0) is 17.7 Å². The van der Waals surface area contributed by atoms with Crippen LogP contribution in [0.2, 0.25) is 0 Å². The average molecular weight is 248 g/mol. The van der Waals surface area contributed by atoms with Crippen molar-refractivity contribution in [1.82, 2.24) is 9.80 Å². The van der Waals surface area contributed by atoms with Gasteiger partial charge in [0.25, 0.3) is 0 Å². The molecule has 0 aliphatic carbocycles. The van der Waals surface area contributed by atoms with Crippen molar-refractivity contribution in [3.05, 3.63) is 47.4 Å². The first-order chi connectivity index (χ1) is 8.54. The van der Waals surface area contributed by atoms with Crippen LogP contribution in [-0.4, -0.2) is 36.2 Å². The Bertz CT molecular complexity index is 510. The number of carbonyl (C=O) groups excluding carboxylic acids is 2. The van der Waals surface area contributed by atoms with Crippen molar-refractivity contribution in [2.24, 2.45) is 0 Å². The van der Waals surface area contributed by atoms with Gasteiger partial charge in [-0.25, -0.2) is 9.18 Å². The normalized spacial score (nSPS) is 19.8. The van der Waals surface area contributed by atoms with Gasteiger partial charge >= 0.3 is 6.03 Å². The van der Waals surface area contributed by atoms with Gasteiger partial charge in [0.2, 0.25) is 0 Å². The fourth-order valence-corrected chi connectivity index (χ4v) is 2.09. The van der Waals surface area contributed by atoms with Gasteiger partial charge in [-0.3, -0.25) is 4.79 Å². The summed E-state index contributed by atoms with van der Waals surface area (Å²) in [6, 6.07) is 5.10. The first-order valence-electron chi connectivity index (χ1n) is 5.46. The molecule has 1 aliphatic heterocycles. The predicted molar refractivity (Wildman–Crippen MR) is 64.2 cm³/mol. The van der Waals surface area contributed by atoms with E-state index >= 15 is 0 Å². The lowest BCUT2D eigenvalue weighted by atomic mass is 9.97. The number of hydrogen-bond donors (Lipinski definition) is 0. The van der Waals surface area contributed by atoms with Gasteiger partial charge in [0.1, 0.15) is 12.1 Å². The Morgan fingerprint density at radius 3 is 2.39 bits per heavy atom. The molecule has 94 valence electrons. The minimum atomic E-state index is -0.466. The van der Waals surface area contributed by atoms with E-state index in [2.05, 4.69) is 0 Å². The monoisotopic (exact) mass is 248 g/mol. The fraction of sp³-hybridized carbons (Fsp3) is 0.231. The van der Waals surface area contributed by atoms with Crippen LogP contribution in [0.4, 0.5) is 9.18 Å². The van der Waals surface area contributed by atoms with Gasteiger partial charge in [-0.1, -0.05) is 12.1 Å². The molecule has 0 saturated heterocycles. The van der Waals surface area contributed by atoms with Crippen LogP contribution in [0.5, 0.6) is 0 Å². The molecule has 1 heterocycles. The SMILES string of the molecule is CN1C=C(C=O)C(c2ccc(F)cc2)N(C)C1=O. The van der Waals surface area contributed by atoms with Crippen LogP contribution in [0.25, 0.3) is 0 Å². The van der Waals surface area contributed by atoms with Crippen molar-refractivity contribution in [2.45, 2.75) is 6.04 Å². The average Bonchev–Trinajstić information content (AvgIpc) is 2.37. The molecule has 1 atom stereocenters. The van der Waals surface area contributed by atoms with Gasteiger partial charge in [0, 0.05) is 25.9 Å². The Balaban J connectivity index is 2.46. The number of likely N-dealkylation sites (N-methyl/N-ethyl adjacent to an activating group) is 1. The number of nitrogens with zero attached hydrogens (tertiary/aromatic N) is 2. The summed E-state index contributed by atoms with van der Waals surface area (Å²) in [5, 5.41) is 0. The van der Waals surface area contributed by atoms with E-state index in [-0.39, 0.29) is 11.8 Å². The van der Waals surface area contributed by atoms with Crippen molar-refractivity contribution in [1.29, 1.82) is 0 Å². The maximum absolute atomic E-state index is 12.9. The second-order valence-electron chi connectivity index (χ2n) is 4.21. The molecule has 0 N–H and O–H groups in total. The minimum Gasteiger partial charge on any atom is -0.316 e. The largest absolute Gasteiger partial charge is 0.324 e. The van der Waals surface area contributed by atoms with Crippen molar-refractivity contribution in [2.75, 3.05) is 14.1 Å². The van der Waals surface area contributed by atoms with E-state index in [1.165, 1.54) is 28.1 Å². The van der Waals surface area contributed by atoms with Crippen LogP contribution < -0.4 is 0 Å². The molecule has 1 aromatic rings. The van der Waals surface area contributed by atoms with Crippen LogP contribution in [0, 0.1) is 5.82 Å². The second kappa shape index (κ2) is 4.60. The van der Waals surface area contributed by atoms with Gasteiger partial charge in [0.15, 0.2) is 0 Å². The van der Waals surface area contributed by atoms with Crippen molar-refractivity contribution in [3.8, 4) is 0 Å². The highest BCUT2D eigenvalue weighted by molar-refractivity contribution is 5.85. The van der Waals surface area contributed by atoms with Crippen LogP contribution in [0.15, 0.2) is 36.0 Å². The van der Waals surface area contributed by atoms with E-state index in [4.69, 9.17) is 0 Å². The Labute approximate surface area is 104 Å². The topological polar surface area (TPSA) is 40.6 Å². The van der Waals surface area contributed by atoms with Crippen molar-refractivity contribution in [3.63, 3.8) is 0 Å². The zero-order valence-corrected chi connectivity index (χ0v) is 10.1. The van der Waals surface area contributed by atoms with Crippen molar-refractivity contribution >= 4 is 12.3 Å². The smallest absolute Gasteiger partial charge is 0.316 e. The number of aldehydes is 1. The summed E-state index contributed by atoms with van der Waals surface area (Å²) in [6.07, 6.45) is 2.22. The molecule has 1 aromatic carbocycles. The van der Waals surface area contributed by atoms with Crippen LogP contribution >= 0.6 is 0 Å². The minimum absolute atomic E-state index is 0.213. The summed E-state index contributed by atoms with van der Waals surface area (Å²) in [6.45, 7) is 0. The summed E-state index contributed by atoms with van der Waals surface area (Å²) in [5.74, 6) is -0.350. The van der Waals surface area contributed by atoms with Gasteiger partial charge in [0.05, 0.1) is 6.04 Å². The summed E-state index contributed by atoms with van der Waals surface area (Å²) >= 11 is 0. The molecule has 0 aromatic heterocycles. The number of amides is 2. The lowest BCUT2D eigenvalue weighted by molar-refractivity contribution is -0.105. The van der Waals surface area contributed by atoms with Crippen LogP contribution in [0.3, 0.4) is 0 Å². The highest BCUT2D eigenvalue weighted by Gasteiger charge is 2.31. The molecule has 0 radical (unpaired) electrons. The highest BCUT2D eigenvalue weighted by Crippen LogP contribution is 2.30. The molecule has 2 rings (SSSR count). The van der Waals surface area contributed by atoms with Gasteiger partial charge in [-0.2, -0.15) is 0 Å². The summed E-state index contributed by atoms with van der Waals surface area (Å²) in [5.41, 5.74) is 1.17. The van der Waals surface area contributed by atoms with Crippen molar-refractivity contribution < 1.29 is 14.0 Å². The third-order valence-electron chi connectivity index (χ3n) is 2.97. The van der Waals surface area contributed by atoms with E-state index in [1.54, 1.807) is 26.2 Å². The number of rotatable bonds is 2. The fourth-order valence-electron chi connectivity index (χ4n) is 2.09. The summed E-state index contributed by atoms with van der Waals surface area (Å²) in [4.78, 5) is 25.8. The first-order valence-corrected chi connectivity index (χ1v) is 5.46. The quantitative estimate of drug-likeness (QED) is 0.750. The molecule has 2 amide bonds. The van der Waals surface area contributed by atoms with Gasteiger partial charge < -0.3 is 9.80 Å². The van der Waals surface area contributed by atoms with Crippen LogP contribution in [-0.2, 0) is 4.79 Å². The maximum atomic E-state index is 12.9. The Morgan fingerprint density at radius 2 is 1.83 bits per heavy atom. The number of halogens is 1. The second-order valence-corrected chi connectivity index (χ2v) is 4.21. The number of hydrogen-bond acceptors (Lipinski definition) is 2. The Hall–Kier alpha value is -2.17. The zero-order valence-electron chi connectivity index (χ0n) is 10.1. The van der Waals surface area contributed by atoms with E-state index in [0.29, 0.717) is 17.4 Å². The van der Waals surface area contributed by atoms with Gasteiger partial charge in [-0.15, -0.1) is 0 Å². The van der Waals surface area contributed by atoms with E-state index in [0.717, 1.165) is 0 Å². The molecule has 0 saturated carbocycles. The lowest BCUT2D eigenvalue weighted by Gasteiger charge is -2.35. The molecule has 0 fully saturated rings. The maximum Gasteiger partial charge on any atom is 0.324 e. The molecule has 18 heavy (non-hydrogen) atoms.